The number of esters is 1. The highest BCUT2D eigenvalue weighted by atomic mass is 16.5. The molecule has 0 bridgehead atoms. The molecule has 0 spiro atoms. The van der Waals surface area contributed by atoms with Gasteiger partial charge in [-0.05, 0) is 39.0 Å². The molecule has 8 heteroatoms. The molecule has 1 atom stereocenters. The maximum Gasteiger partial charge on any atom is 0.337 e. The van der Waals surface area contributed by atoms with E-state index >= 15 is 0 Å². The van der Waals surface area contributed by atoms with Crippen LogP contribution in [0.5, 0.6) is 5.75 Å². The number of hydrogen-bond donors (Lipinski definition) is 3. The van der Waals surface area contributed by atoms with E-state index in [1.54, 1.807) is 19.1 Å². The van der Waals surface area contributed by atoms with Crippen molar-refractivity contribution >= 4 is 23.6 Å². The molecule has 0 unspecified atom stereocenters. The van der Waals surface area contributed by atoms with Crippen molar-refractivity contribution in [1.82, 2.24) is 5.32 Å². The zero-order chi connectivity index (χ0) is 17.6. The van der Waals surface area contributed by atoms with Gasteiger partial charge in [-0.1, -0.05) is 0 Å². The van der Waals surface area contributed by atoms with Crippen molar-refractivity contribution in [2.75, 3.05) is 12.4 Å². The second kappa shape index (κ2) is 8.02. The number of primary amides is 1. The van der Waals surface area contributed by atoms with E-state index in [4.69, 9.17) is 10.5 Å². The van der Waals surface area contributed by atoms with Gasteiger partial charge in [0.2, 0.25) is 5.91 Å². The number of nitrogens with one attached hydrogen (secondary N) is 2. The molecule has 0 saturated heterocycles. The Balaban J connectivity index is 3.06. The molecule has 0 radical (unpaired) electrons. The topological polar surface area (TPSA) is 120 Å². The van der Waals surface area contributed by atoms with Crippen molar-refractivity contribution in [2.45, 2.75) is 32.9 Å². The van der Waals surface area contributed by atoms with Crippen molar-refractivity contribution in [3.8, 4) is 5.75 Å². The lowest BCUT2D eigenvalue weighted by molar-refractivity contribution is -0.120. The maximum atomic E-state index is 11.8. The van der Waals surface area contributed by atoms with Gasteiger partial charge in [-0.2, -0.15) is 0 Å². The molecule has 1 aromatic carbocycles. The van der Waals surface area contributed by atoms with Gasteiger partial charge in [0.15, 0.2) is 0 Å². The number of nitrogens with two attached hydrogens (primary N) is 1. The summed E-state index contributed by atoms with van der Waals surface area (Å²) in [5.41, 5.74) is 5.64. The van der Waals surface area contributed by atoms with Crippen LogP contribution < -0.4 is 21.1 Å². The van der Waals surface area contributed by atoms with Gasteiger partial charge < -0.3 is 20.5 Å². The van der Waals surface area contributed by atoms with Crippen molar-refractivity contribution in [1.29, 1.82) is 0 Å². The Labute approximate surface area is 134 Å². The van der Waals surface area contributed by atoms with E-state index in [9.17, 15) is 14.4 Å². The minimum atomic E-state index is -0.939. The Bertz CT molecular complexity index is 601. The van der Waals surface area contributed by atoms with Crippen molar-refractivity contribution in [3.63, 3.8) is 0 Å². The van der Waals surface area contributed by atoms with E-state index in [-0.39, 0.29) is 6.10 Å². The molecule has 3 amide bonds. The molecule has 8 nitrogen and oxygen atoms in total. The van der Waals surface area contributed by atoms with Crippen molar-refractivity contribution in [3.05, 3.63) is 23.8 Å². The van der Waals surface area contributed by atoms with E-state index < -0.39 is 23.9 Å². The van der Waals surface area contributed by atoms with Gasteiger partial charge in [0, 0.05) is 0 Å². The summed E-state index contributed by atoms with van der Waals surface area (Å²) < 4.78 is 10.3. The number of rotatable bonds is 6. The van der Waals surface area contributed by atoms with E-state index in [2.05, 4.69) is 10.1 Å². The first-order chi connectivity index (χ1) is 10.7. The molecule has 126 valence electrons. The molecule has 23 heavy (non-hydrogen) atoms. The Hall–Kier alpha value is -2.77. The molecule has 1 aromatic rings. The number of amides is 3. The Morgan fingerprint density at radius 3 is 2.35 bits per heavy atom. The van der Waals surface area contributed by atoms with Crippen molar-refractivity contribution in [2.24, 2.45) is 5.73 Å². The molecule has 0 fully saturated rings. The first-order valence-corrected chi connectivity index (χ1v) is 7.00. The van der Waals surface area contributed by atoms with Crippen LogP contribution in [-0.4, -0.2) is 37.2 Å². The van der Waals surface area contributed by atoms with Gasteiger partial charge in [0.1, 0.15) is 11.8 Å². The summed E-state index contributed by atoms with van der Waals surface area (Å²) in [5, 5.41) is 4.86. The SMILES string of the molecule is COC(=O)c1ccc(OC(C)C)c(N[C@@H](C)C(=O)NC(N)=O)c1. The molecule has 0 aromatic heterocycles. The first kappa shape index (κ1) is 18.3. The number of urea groups is 1. The minimum absolute atomic E-state index is 0.103. The fraction of sp³-hybridized carbons (Fsp3) is 0.400. The third kappa shape index (κ3) is 5.50. The molecular weight excluding hydrogens is 302 g/mol. The summed E-state index contributed by atoms with van der Waals surface area (Å²) in [6, 6.07) is 2.96. The van der Waals surface area contributed by atoms with Gasteiger partial charge in [-0.25, -0.2) is 9.59 Å². The Morgan fingerprint density at radius 1 is 1.17 bits per heavy atom. The van der Waals surface area contributed by atoms with Gasteiger partial charge in [0.05, 0.1) is 24.5 Å². The summed E-state index contributed by atoms with van der Waals surface area (Å²) in [5.74, 6) is -0.652. The van der Waals surface area contributed by atoms with Gasteiger partial charge in [-0.15, -0.1) is 0 Å². The summed E-state index contributed by atoms with van der Waals surface area (Å²) in [7, 11) is 1.27. The Morgan fingerprint density at radius 2 is 1.83 bits per heavy atom. The number of imide groups is 1. The number of anilines is 1. The predicted molar refractivity (Wildman–Crippen MR) is 84.4 cm³/mol. The summed E-state index contributed by atoms with van der Waals surface area (Å²) >= 11 is 0. The number of methoxy groups -OCH3 is 1. The van der Waals surface area contributed by atoms with Crippen LogP contribution in [0.4, 0.5) is 10.5 Å². The number of carbonyl (C=O) groups is 3. The lowest BCUT2D eigenvalue weighted by atomic mass is 10.1. The quantitative estimate of drug-likeness (QED) is 0.678. The second-order valence-corrected chi connectivity index (χ2v) is 5.09. The molecule has 0 aliphatic carbocycles. The molecule has 4 N–H and O–H groups in total. The lowest BCUT2D eigenvalue weighted by Crippen LogP contribution is -2.43. The summed E-state index contributed by atoms with van der Waals surface area (Å²) in [6.07, 6.45) is -0.103. The molecule has 0 heterocycles. The zero-order valence-electron chi connectivity index (χ0n) is 13.5. The average Bonchev–Trinajstić information content (AvgIpc) is 2.46. The molecule has 1 rings (SSSR count). The summed E-state index contributed by atoms with van der Waals surface area (Å²) in [6.45, 7) is 5.24. The van der Waals surface area contributed by atoms with Crippen LogP contribution in [0.15, 0.2) is 18.2 Å². The van der Waals surface area contributed by atoms with Gasteiger partial charge in [0.25, 0.3) is 0 Å². The zero-order valence-corrected chi connectivity index (χ0v) is 13.5. The van der Waals surface area contributed by atoms with Crippen molar-refractivity contribution < 1.29 is 23.9 Å². The molecular formula is C15H21N3O5. The van der Waals surface area contributed by atoms with Crippen LogP contribution in [0.25, 0.3) is 0 Å². The van der Waals surface area contributed by atoms with Crippen LogP contribution in [0.1, 0.15) is 31.1 Å². The Kier molecular flexibility index (Phi) is 6.37. The standard InChI is InChI=1S/C15H21N3O5/c1-8(2)23-12-6-5-10(14(20)22-4)7-11(12)17-9(3)13(19)18-15(16)21/h5-9,17H,1-4H3,(H3,16,18,19,21)/t9-/m0/s1. The maximum absolute atomic E-state index is 11.8. The average molecular weight is 323 g/mol. The van der Waals surface area contributed by atoms with Gasteiger partial charge in [-0.3, -0.25) is 10.1 Å². The molecule has 0 aliphatic heterocycles. The van der Waals surface area contributed by atoms with Gasteiger partial charge >= 0.3 is 12.0 Å². The largest absolute Gasteiger partial charge is 0.489 e. The van der Waals surface area contributed by atoms with E-state index in [0.29, 0.717) is 17.0 Å². The predicted octanol–water partition coefficient (Wildman–Crippen LogP) is 1.26. The number of ether oxygens (including phenoxy) is 2. The minimum Gasteiger partial charge on any atom is -0.489 e. The highest BCUT2D eigenvalue weighted by Gasteiger charge is 2.18. The van der Waals surface area contributed by atoms with E-state index in [1.807, 2.05) is 19.2 Å². The molecule has 0 aliphatic rings. The first-order valence-electron chi connectivity index (χ1n) is 7.00. The number of carbonyl (C=O) groups excluding carboxylic acids is 3. The van der Waals surface area contributed by atoms with Crippen LogP contribution in [-0.2, 0) is 9.53 Å². The van der Waals surface area contributed by atoms with E-state index in [1.165, 1.54) is 13.2 Å². The van der Waals surface area contributed by atoms with Crippen LogP contribution in [0, 0.1) is 0 Å². The number of benzene rings is 1. The number of hydrogen-bond acceptors (Lipinski definition) is 6. The highest BCUT2D eigenvalue weighted by Crippen LogP contribution is 2.28. The third-order valence-corrected chi connectivity index (χ3v) is 2.78. The lowest BCUT2D eigenvalue weighted by Gasteiger charge is -2.19. The monoisotopic (exact) mass is 323 g/mol. The molecule has 0 saturated carbocycles. The smallest absolute Gasteiger partial charge is 0.337 e. The highest BCUT2D eigenvalue weighted by molar-refractivity contribution is 5.98. The van der Waals surface area contributed by atoms with Crippen LogP contribution >= 0.6 is 0 Å². The fourth-order valence-electron chi connectivity index (χ4n) is 1.77. The van der Waals surface area contributed by atoms with E-state index in [0.717, 1.165) is 0 Å². The fourth-order valence-corrected chi connectivity index (χ4v) is 1.77. The van der Waals surface area contributed by atoms with Crippen LogP contribution in [0.3, 0.4) is 0 Å². The third-order valence-electron chi connectivity index (χ3n) is 2.78. The normalized spacial score (nSPS) is 11.5. The summed E-state index contributed by atoms with van der Waals surface area (Å²) in [4.78, 5) is 34.1. The van der Waals surface area contributed by atoms with Crippen LogP contribution in [0.2, 0.25) is 0 Å². The second-order valence-electron chi connectivity index (χ2n) is 5.09.